The Bertz CT molecular complexity index is 2170. The number of methoxy groups -OCH3 is 2. The lowest BCUT2D eigenvalue weighted by molar-refractivity contribution is -0.133. The van der Waals surface area contributed by atoms with E-state index in [0.717, 1.165) is 74.8 Å². The summed E-state index contributed by atoms with van der Waals surface area (Å²) in [6, 6.07) is 14.4. The van der Waals surface area contributed by atoms with Crippen LogP contribution in [0.4, 0.5) is 9.59 Å². The van der Waals surface area contributed by atoms with Crippen molar-refractivity contribution in [3.63, 3.8) is 0 Å². The molecule has 0 aliphatic carbocycles. The Morgan fingerprint density at radius 2 is 1.61 bits per heavy atom. The van der Waals surface area contributed by atoms with Gasteiger partial charge in [0.05, 0.1) is 50.2 Å². The van der Waals surface area contributed by atoms with E-state index >= 15 is 0 Å². The molecule has 3 aromatic carbocycles. The molecule has 6 rings (SSSR count). The molecule has 0 bridgehead atoms. The highest BCUT2D eigenvalue weighted by atomic mass is 16.5. The second-order valence-electron chi connectivity index (χ2n) is 13.1. The van der Waals surface area contributed by atoms with Crippen LogP contribution in [0.15, 0.2) is 48.7 Å². The summed E-state index contributed by atoms with van der Waals surface area (Å²) in [4.78, 5) is 68.7. The van der Waals surface area contributed by atoms with Crippen molar-refractivity contribution in [2.75, 3.05) is 33.9 Å². The zero-order valence-electron chi connectivity index (χ0n) is 31.2. The number of hydrogen-bond donors (Lipinski definition) is 4. The summed E-state index contributed by atoms with van der Waals surface area (Å²) in [5.41, 5.74) is 6.48. The predicted octanol–water partition coefficient (Wildman–Crippen LogP) is 5.63. The van der Waals surface area contributed by atoms with Gasteiger partial charge in [-0.05, 0) is 65.6 Å². The molecule has 0 atom stereocenters. The largest absolute Gasteiger partial charge is 0.488 e. The predicted molar refractivity (Wildman–Crippen MR) is 202 cm³/mol. The molecule has 15 heteroatoms. The van der Waals surface area contributed by atoms with Gasteiger partial charge in [-0.3, -0.25) is 9.59 Å². The third-order valence-electron chi connectivity index (χ3n) is 9.69. The normalized spacial score (nSPS) is 11.8. The van der Waals surface area contributed by atoms with Gasteiger partial charge in [-0.2, -0.15) is 0 Å². The number of rotatable bonds is 14. The number of amides is 4. The van der Waals surface area contributed by atoms with Crippen molar-refractivity contribution in [2.24, 2.45) is 0 Å². The monoisotopic (exact) mass is 738 g/mol. The third kappa shape index (κ3) is 8.09. The average molecular weight is 739 g/mol. The van der Waals surface area contributed by atoms with E-state index in [1.54, 1.807) is 16.0 Å². The van der Waals surface area contributed by atoms with E-state index < -0.39 is 12.2 Å². The van der Waals surface area contributed by atoms with Crippen LogP contribution < -0.4 is 15.4 Å². The van der Waals surface area contributed by atoms with Crippen LogP contribution in [0.2, 0.25) is 0 Å². The number of ether oxygens (including phenoxy) is 3. The smallest absolute Gasteiger partial charge is 0.407 e. The molecule has 0 fully saturated rings. The van der Waals surface area contributed by atoms with Gasteiger partial charge >= 0.3 is 12.2 Å². The molecule has 1 aliphatic rings. The summed E-state index contributed by atoms with van der Waals surface area (Å²) in [5.74, 6) is 1.60. The van der Waals surface area contributed by atoms with E-state index in [9.17, 15) is 19.2 Å². The minimum atomic E-state index is -0.657. The molecule has 284 valence electrons. The van der Waals surface area contributed by atoms with Crippen LogP contribution in [-0.4, -0.2) is 93.6 Å². The number of H-pyrrole nitrogens is 2. The maximum atomic E-state index is 13.1. The summed E-state index contributed by atoms with van der Waals surface area (Å²) in [6.45, 7) is 7.16. The van der Waals surface area contributed by atoms with E-state index in [1.165, 1.54) is 14.2 Å². The van der Waals surface area contributed by atoms with Crippen molar-refractivity contribution in [3.8, 4) is 28.1 Å². The first-order chi connectivity index (χ1) is 26.2. The number of carbonyl (C=O) groups excluding carboxylic acids is 4. The van der Waals surface area contributed by atoms with Gasteiger partial charge in [0.25, 0.3) is 0 Å². The Kier molecular flexibility index (Phi) is 11.6. The number of carbonyl (C=O) groups is 4. The Balaban J connectivity index is 1.21. The van der Waals surface area contributed by atoms with E-state index in [0.29, 0.717) is 24.8 Å². The highest BCUT2D eigenvalue weighted by Gasteiger charge is 2.25. The number of fused-ring (bicyclic) bond motifs is 6. The van der Waals surface area contributed by atoms with Crippen LogP contribution in [-0.2, 0) is 38.8 Å². The van der Waals surface area contributed by atoms with Gasteiger partial charge in [0.1, 0.15) is 37.1 Å². The average Bonchev–Trinajstić information content (AvgIpc) is 3.84. The molecule has 0 unspecified atom stereocenters. The summed E-state index contributed by atoms with van der Waals surface area (Å²) in [7, 11) is 2.52. The Labute approximate surface area is 312 Å². The van der Waals surface area contributed by atoms with E-state index in [2.05, 4.69) is 53.3 Å². The first-order valence-corrected chi connectivity index (χ1v) is 18.1. The molecule has 3 heterocycles. The lowest BCUT2D eigenvalue weighted by Crippen LogP contribution is -2.45. The Hall–Kier alpha value is -6.12. The molecule has 4 N–H and O–H groups in total. The molecule has 0 saturated carbocycles. The molecular formula is C39H46N8O7. The van der Waals surface area contributed by atoms with Gasteiger partial charge in [0.2, 0.25) is 11.8 Å². The maximum absolute atomic E-state index is 13.1. The fourth-order valence-electron chi connectivity index (χ4n) is 6.88. The van der Waals surface area contributed by atoms with Gasteiger partial charge in [0, 0.05) is 23.5 Å². The van der Waals surface area contributed by atoms with Crippen molar-refractivity contribution in [3.05, 3.63) is 65.9 Å². The molecular weight excluding hydrogens is 692 g/mol. The summed E-state index contributed by atoms with van der Waals surface area (Å²) < 4.78 is 15.5. The lowest BCUT2D eigenvalue weighted by atomic mass is 9.92. The Morgan fingerprint density at radius 3 is 2.31 bits per heavy atom. The molecule has 4 amide bonds. The van der Waals surface area contributed by atoms with Gasteiger partial charge < -0.3 is 44.6 Å². The fourth-order valence-corrected chi connectivity index (χ4v) is 6.88. The topological polar surface area (TPSA) is 184 Å². The van der Waals surface area contributed by atoms with Crippen LogP contribution in [0.5, 0.6) is 5.75 Å². The number of aromatic amines is 2. The first kappa shape index (κ1) is 37.6. The number of nitrogens with one attached hydrogen (secondary N) is 4. The molecule has 0 saturated heterocycles. The van der Waals surface area contributed by atoms with E-state index in [4.69, 9.17) is 9.72 Å². The lowest BCUT2D eigenvalue weighted by Gasteiger charge is -2.30. The minimum absolute atomic E-state index is 0.0102. The molecule has 0 spiro atoms. The van der Waals surface area contributed by atoms with Crippen molar-refractivity contribution in [1.82, 2.24) is 40.4 Å². The number of benzene rings is 3. The summed E-state index contributed by atoms with van der Waals surface area (Å²) >= 11 is 0. The van der Waals surface area contributed by atoms with E-state index in [-0.39, 0.29) is 44.0 Å². The van der Waals surface area contributed by atoms with Crippen LogP contribution in [0.3, 0.4) is 0 Å². The highest BCUT2D eigenvalue weighted by molar-refractivity contribution is 6.07. The number of alkyl carbamates (subject to hydrolysis) is 2. The van der Waals surface area contributed by atoms with Crippen LogP contribution in [0, 0.1) is 0 Å². The van der Waals surface area contributed by atoms with Crippen molar-refractivity contribution in [2.45, 2.75) is 65.8 Å². The standard InChI is InChI=1S/C39H46N8O7/c1-6-13-46(35(48)18-41-38(50)52-4)20-34-43-30-12-10-23-15-29-27-11-9-24(14-25(27)22-54-32(29)16-28(23)37(30)45-34)31-17-40-33(44-31)21-47(26(7-2)8-3)36(49)19-42-39(51)53-5/h9-12,14-17,26H,6-8,13,18-22H2,1-5H3,(H,40,44)(H,41,50)(H,42,51)(H,43,45). The Morgan fingerprint density at radius 1 is 0.870 bits per heavy atom. The summed E-state index contributed by atoms with van der Waals surface area (Å²) in [6.07, 6.45) is 2.74. The van der Waals surface area contributed by atoms with Gasteiger partial charge in [-0.1, -0.05) is 39.0 Å². The zero-order chi connectivity index (χ0) is 38.4. The zero-order valence-corrected chi connectivity index (χ0v) is 31.2. The number of imidazole rings is 2. The van der Waals surface area contributed by atoms with Crippen molar-refractivity contribution < 1.29 is 33.4 Å². The maximum Gasteiger partial charge on any atom is 0.407 e. The third-order valence-corrected chi connectivity index (χ3v) is 9.69. The second kappa shape index (κ2) is 16.7. The molecule has 15 nitrogen and oxygen atoms in total. The first-order valence-electron chi connectivity index (χ1n) is 18.1. The number of hydrogen-bond acceptors (Lipinski definition) is 9. The molecule has 0 radical (unpaired) electrons. The number of aromatic nitrogens is 4. The van der Waals surface area contributed by atoms with Gasteiger partial charge in [-0.25, -0.2) is 19.6 Å². The molecule has 1 aliphatic heterocycles. The minimum Gasteiger partial charge on any atom is -0.488 e. The van der Waals surface area contributed by atoms with Crippen LogP contribution in [0.25, 0.3) is 44.2 Å². The van der Waals surface area contributed by atoms with Crippen LogP contribution >= 0.6 is 0 Å². The van der Waals surface area contributed by atoms with Crippen molar-refractivity contribution >= 4 is 45.8 Å². The molecule has 5 aromatic rings. The fraction of sp³-hybridized carbons (Fsp3) is 0.385. The van der Waals surface area contributed by atoms with Crippen LogP contribution in [0.1, 0.15) is 57.2 Å². The second-order valence-corrected chi connectivity index (χ2v) is 13.1. The highest BCUT2D eigenvalue weighted by Crippen LogP contribution is 2.42. The molecule has 2 aromatic heterocycles. The SMILES string of the molecule is CCCN(Cc1nc2ccc3cc4c(cc3c2[nH]1)OCc1cc(-c2cnc(CN(C(=O)CNC(=O)OC)C(CC)CC)[nH]2)ccc1-4)C(=O)CNC(=O)OC. The van der Waals surface area contributed by atoms with E-state index in [1.807, 2.05) is 45.0 Å². The molecule has 54 heavy (non-hydrogen) atoms. The van der Waals surface area contributed by atoms with Gasteiger partial charge in [-0.15, -0.1) is 0 Å². The quantitative estimate of drug-likeness (QED) is 0.112. The van der Waals surface area contributed by atoms with Crippen molar-refractivity contribution in [1.29, 1.82) is 0 Å². The summed E-state index contributed by atoms with van der Waals surface area (Å²) in [5, 5.41) is 6.91. The number of nitrogens with zero attached hydrogens (tertiary/aromatic N) is 4. The van der Waals surface area contributed by atoms with Gasteiger partial charge in [0.15, 0.2) is 0 Å².